The summed E-state index contributed by atoms with van der Waals surface area (Å²) >= 11 is 0. The van der Waals surface area contributed by atoms with Crippen LogP contribution in [0.5, 0.6) is 0 Å². The van der Waals surface area contributed by atoms with Crippen LogP contribution in [0.1, 0.15) is 36.9 Å². The summed E-state index contributed by atoms with van der Waals surface area (Å²) in [5.74, 6) is -1.11. The molecule has 0 atom stereocenters. The minimum atomic E-state index is -4.02. The predicted molar refractivity (Wildman–Crippen MR) is 66.6 cm³/mol. The maximum atomic E-state index is 12.5. The molecule has 108 valence electrons. The maximum Gasteiger partial charge on any atom is 0.391 e. The molecule has 19 heavy (non-hydrogen) atoms. The van der Waals surface area contributed by atoms with E-state index >= 15 is 0 Å². The van der Waals surface area contributed by atoms with Gasteiger partial charge in [0.25, 0.3) is 0 Å². The summed E-state index contributed by atoms with van der Waals surface area (Å²) in [5, 5.41) is 7.59. The molecule has 0 spiro atoms. The Bertz CT molecular complexity index is 417. The molecule has 1 aromatic heterocycles. The number of nitrogens with zero attached hydrogens (tertiary/aromatic N) is 2. The van der Waals surface area contributed by atoms with E-state index in [1.807, 2.05) is 20.2 Å². The van der Waals surface area contributed by atoms with Gasteiger partial charge in [-0.05, 0) is 32.6 Å². The van der Waals surface area contributed by atoms with Gasteiger partial charge in [-0.2, -0.15) is 18.3 Å². The normalized spacial score (nSPS) is 24.7. The average Bonchev–Trinajstić information content (AvgIpc) is 2.65. The predicted octanol–water partition coefficient (Wildman–Crippen LogP) is 2.94. The summed E-state index contributed by atoms with van der Waals surface area (Å²) in [4.78, 5) is 0. The van der Waals surface area contributed by atoms with Gasteiger partial charge in [-0.3, -0.25) is 4.68 Å². The SMILES string of the molecule is Cc1nn(C)cc1CNC1CCC(C(F)(F)F)CC1. The number of nitrogens with one attached hydrogen (secondary N) is 1. The molecule has 0 aliphatic heterocycles. The first-order valence-electron chi connectivity index (χ1n) is 6.65. The van der Waals surface area contributed by atoms with Crippen molar-refractivity contribution in [1.82, 2.24) is 15.1 Å². The van der Waals surface area contributed by atoms with Gasteiger partial charge in [-0.1, -0.05) is 0 Å². The zero-order chi connectivity index (χ0) is 14.0. The molecule has 0 bridgehead atoms. The van der Waals surface area contributed by atoms with Crippen LogP contribution in [-0.4, -0.2) is 22.0 Å². The van der Waals surface area contributed by atoms with Crippen molar-refractivity contribution in [2.45, 2.75) is 51.4 Å². The fourth-order valence-corrected chi connectivity index (χ4v) is 2.70. The van der Waals surface area contributed by atoms with Crippen molar-refractivity contribution in [3.05, 3.63) is 17.5 Å². The zero-order valence-electron chi connectivity index (χ0n) is 11.3. The standard InChI is InChI=1S/C13H20F3N3/c1-9-10(8-19(2)18-9)7-17-12-5-3-11(4-6-12)13(14,15)16/h8,11-12,17H,3-7H2,1-2H3. The van der Waals surface area contributed by atoms with E-state index in [4.69, 9.17) is 0 Å². The van der Waals surface area contributed by atoms with Crippen LogP contribution in [-0.2, 0) is 13.6 Å². The molecular weight excluding hydrogens is 255 g/mol. The van der Waals surface area contributed by atoms with Crippen molar-refractivity contribution in [3.63, 3.8) is 0 Å². The van der Waals surface area contributed by atoms with Gasteiger partial charge in [-0.15, -0.1) is 0 Å². The molecule has 1 N–H and O–H groups in total. The van der Waals surface area contributed by atoms with Crippen LogP contribution >= 0.6 is 0 Å². The zero-order valence-corrected chi connectivity index (χ0v) is 11.3. The summed E-state index contributed by atoms with van der Waals surface area (Å²) in [6, 6.07) is 0.193. The van der Waals surface area contributed by atoms with Crippen LogP contribution in [0.3, 0.4) is 0 Å². The molecule has 1 heterocycles. The summed E-state index contributed by atoms with van der Waals surface area (Å²) in [6.45, 7) is 2.62. The van der Waals surface area contributed by atoms with E-state index < -0.39 is 12.1 Å². The Morgan fingerprint density at radius 3 is 2.42 bits per heavy atom. The second-order valence-corrected chi connectivity index (χ2v) is 5.38. The van der Waals surface area contributed by atoms with Crippen molar-refractivity contribution in [3.8, 4) is 0 Å². The van der Waals surface area contributed by atoms with Crippen LogP contribution in [0, 0.1) is 12.8 Å². The first kappa shape index (κ1) is 14.4. The third-order valence-electron chi connectivity index (χ3n) is 3.89. The lowest BCUT2D eigenvalue weighted by atomic mass is 9.85. The van der Waals surface area contributed by atoms with Crippen LogP contribution in [0.25, 0.3) is 0 Å². The van der Waals surface area contributed by atoms with E-state index in [-0.39, 0.29) is 18.9 Å². The Morgan fingerprint density at radius 1 is 1.32 bits per heavy atom. The summed E-state index contributed by atoms with van der Waals surface area (Å²) in [6.07, 6.45) is -0.387. The molecule has 1 fully saturated rings. The van der Waals surface area contributed by atoms with E-state index in [0.29, 0.717) is 19.4 Å². The second-order valence-electron chi connectivity index (χ2n) is 5.38. The Kier molecular flexibility index (Phi) is 4.18. The van der Waals surface area contributed by atoms with Gasteiger partial charge in [0.05, 0.1) is 11.6 Å². The lowest BCUT2D eigenvalue weighted by Crippen LogP contribution is -2.36. The highest BCUT2D eigenvalue weighted by Crippen LogP contribution is 2.37. The fourth-order valence-electron chi connectivity index (χ4n) is 2.70. The third-order valence-corrected chi connectivity index (χ3v) is 3.89. The van der Waals surface area contributed by atoms with E-state index in [1.54, 1.807) is 4.68 Å². The van der Waals surface area contributed by atoms with E-state index in [2.05, 4.69) is 10.4 Å². The van der Waals surface area contributed by atoms with Crippen molar-refractivity contribution < 1.29 is 13.2 Å². The van der Waals surface area contributed by atoms with Crippen LogP contribution in [0.4, 0.5) is 13.2 Å². The minimum absolute atomic E-state index is 0.193. The van der Waals surface area contributed by atoms with Crippen molar-refractivity contribution in [2.75, 3.05) is 0 Å². The molecule has 0 amide bonds. The number of hydrogen-bond donors (Lipinski definition) is 1. The van der Waals surface area contributed by atoms with E-state index in [0.717, 1.165) is 11.3 Å². The summed E-state index contributed by atoms with van der Waals surface area (Å²) in [5.41, 5.74) is 2.08. The van der Waals surface area contributed by atoms with Crippen molar-refractivity contribution in [1.29, 1.82) is 0 Å². The fraction of sp³-hybridized carbons (Fsp3) is 0.769. The van der Waals surface area contributed by atoms with Gasteiger partial charge in [0, 0.05) is 31.4 Å². The van der Waals surface area contributed by atoms with Crippen LogP contribution < -0.4 is 5.32 Å². The molecule has 1 aliphatic carbocycles. The Morgan fingerprint density at radius 2 is 1.95 bits per heavy atom. The summed E-state index contributed by atoms with van der Waals surface area (Å²) in [7, 11) is 1.87. The van der Waals surface area contributed by atoms with Gasteiger partial charge in [-0.25, -0.2) is 0 Å². The molecule has 1 saturated carbocycles. The first-order chi connectivity index (χ1) is 8.86. The molecule has 6 heteroatoms. The average molecular weight is 275 g/mol. The second kappa shape index (κ2) is 5.53. The third kappa shape index (κ3) is 3.72. The molecule has 0 aromatic carbocycles. The molecule has 1 aromatic rings. The van der Waals surface area contributed by atoms with Crippen LogP contribution in [0.2, 0.25) is 0 Å². The Balaban J connectivity index is 1.79. The molecule has 0 unspecified atom stereocenters. The number of aromatic nitrogens is 2. The highest BCUT2D eigenvalue weighted by molar-refractivity contribution is 5.14. The molecule has 2 rings (SSSR count). The molecule has 0 saturated heterocycles. The number of aryl methyl sites for hydroxylation is 2. The number of rotatable bonds is 3. The van der Waals surface area contributed by atoms with Crippen molar-refractivity contribution >= 4 is 0 Å². The van der Waals surface area contributed by atoms with E-state index in [9.17, 15) is 13.2 Å². The minimum Gasteiger partial charge on any atom is -0.310 e. The topological polar surface area (TPSA) is 29.9 Å². The number of halogens is 3. The quantitative estimate of drug-likeness (QED) is 0.919. The molecule has 3 nitrogen and oxygen atoms in total. The largest absolute Gasteiger partial charge is 0.391 e. The Labute approximate surface area is 111 Å². The van der Waals surface area contributed by atoms with Crippen LogP contribution in [0.15, 0.2) is 6.20 Å². The van der Waals surface area contributed by atoms with Gasteiger partial charge < -0.3 is 5.32 Å². The van der Waals surface area contributed by atoms with Crippen molar-refractivity contribution in [2.24, 2.45) is 13.0 Å². The summed E-state index contributed by atoms with van der Waals surface area (Å²) < 4.78 is 39.4. The van der Waals surface area contributed by atoms with E-state index in [1.165, 1.54) is 0 Å². The molecule has 1 aliphatic rings. The van der Waals surface area contributed by atoms with Gasteiger partial charge >= 0.3 is 6.18 Å². The lowest BCUT2D eigenvalue weighted by molar-refractivity contribution is -0.182. The molecule has 0 radical (unpaired) electrons. The smallest absolute Gasteiger partial charge is 0.310 e. The first-order valence-corrected chi connectivity index (χ1v) is 6.65. The van der Waals surface area contributed by atoms with Gasteiger partial charge in [0.15, 0.2) is 0 Å². The number of hydrogen-bond acceptors (Lipinski definition) is 2. The lowest BCUT2D eigenvalue weighted by Gasteiger charge is -2.30. The molecular formula is C13H20F3N3. The number of alkyl halides is 3. The monoisotopic (exact) mass is 275 g/mol. The Hall–Kier alpha value is -1.04. The highest BCUT2D eigenvalue weighted by atomic mass is 19.4. The highest BCUT2D eigenvalue weighted by Gasteiger charge is 2.41. The van der Waals surface area contributed by atoms with Gasteiger partial charge in [0.2, 0.25) is 0 Å². The van der Waals surface area contributed by atoms with Gasteiger partial charge in [0.1, 0.15) is 0 Å². The maximum absolute atomic E-state index is 12.5.